The lowest BCUT2D eigenvalue weighted by Gasteiger charge is -2.20. The van der Waals surface area contributed by atoms with Gasteiger partial charge in [-0.3, -0.25) is 4.79 Å². The van der Waals surface area contributed by atoms with E-state index in [2.05, 4.69) is 15.5 Å². The minimum absolute atomic E-state index is 0.0737. The van der Waals surface area contributed by atoms with Crippen LogP contribution in [0.4, 0.5) is 6.01 Å². The molecule has 1 atom stereocenters. The molecule has 1 aromatic heterocycles. The molecule has 18 heavy (non-hydrogen) atoms. The Bertz CT molecular complexity index is 404. The quantitative estimate of drug-likeness (QED) is 0.818. The van der Waals surface area contributed by atoms with Gasteiger partial charge in [0.15, 0.2) is 0 Å². The van der Waals surface area contributed by atoms with Crippen molar-refractivity contribution in [2.75, 3.05) is 24.3 Å². The number of hydrogen-bond acceptors (Lipinski definition) is 5. The molecule has 1 fully saturated rings. The monoisotopic (exact) mass is 272 g/mol. The number of carbonyl (C=O) groups excluding carboxylic acids is 1. The number of nitrogens with one attached hydrogen (secondary N) is 1. The number of aromatic nitrogens is 2. The Balaban J connectivity index is 1.88. The molecule has 0 saturated carbocycles. The molecule has 1 aliphatic heterocycles. The van der Waals surface area contributed by atoms with Gasteiger partial charge in [-0.25, -0.2) is 0 Å². The summed E-state index contributed by atoms with van der Waals surface area (Å²) in [6.45, 7) is 3.48. The van der Waals surface area contributed by atoms with Crippen molar-refractivity contribution in [1.82, 2.24) is 15.1 Å². The summed E-state index contributed by atoms with van der Waals surface area (Å²) in [6, 6.07) is -0.0810. The average Bonchev–Trinajstić information content (AvgIpc) is 3.00. The number of alkyl halides is 1. The highest BCUT2D eigenvalue weighted by Gasteiger charge is 2.24. The third-order valence-electron chi connectivity index (χ3n) is 2.90. The van der Waals surface area contributed by atoms with Gasteiger partial charge in [0.05, 0.1) is 0 Å². The van der Waals surface area contributed by atoms with Crippen molar-refractivity contribution in [1.29, 1.82) is 0 Å². The van der Waals surface area contributed by atoms with E-state index in [0.717, 1.165) is 25.9 Å². The Morgan fingerprint density at radius 1 is 1.50 bits per heavy atom. The first-order valence-corrected chi connectivity index (χ1v) is 6.68. The molecule has 0 bridgehead atoms. The van der Waals surface area contributed by atoms with Crippen LogP contribution in [0, 0.1) is 0 Å². The summed E-state index contributed by atoms with van der Waals surface area (Å²) in [5.74, 6) is 0.988. The Kier molecular flexibility index (Phi) is 4.41. The molecule has 1 aliphatic rings. The first-order valence-electron chi connectivity index (χ1n) is 6.14. The first kappa shape index (κ1) is 13.1. The summed E-state index contributed by atoms with van der Waals surface area (Å²) in [5, 5.41) is 10.6. The van der Waals surface area contributed by atoms with Gasteiger partial charge in [0.1, 0.15) is 6.04 Å². The molecule has 6 nitrogen and oxygen atoms in total. The smallest absolute Gasteiger partial charge is 0.316 e. The van der Waals surface area contributed by atoms with Crippen molar-refractivity contribution in [2.24, 2.45) is 0 Å². The standard InChI is InChI=1S/C11H17ClN4O2/c1-8(10(17)16-6-2-3-7-16)13-11-15-14-9(18-11)4-5-12/h8H,2-7H2,1H3,(H,13,15). The van der Waals surface area contributed by atoms with E-state index in [1.165, 1.54) is 0 Å². The van der Waals surface area contributed by atoms with E-state index >= 15 is 0 Å². The Morgan fingerprint density at radius 3 is 2.89 bits per heavy atom. The molecule has 2 heterocycles. The molecule has 0 spiro atoms. The Hall–Kier alpha value is -1.30. The van der Waals surface area contributed by atoms with E-state index < -0.39 is 0 Å². The zero-order valence-electron chi connectivity index (χ0n) is 10.4. The second-order valence-corrected chi connectivity index (χ2v) is 4.72. The molecule has 0 aromatic carbocycles. The Labute approximate surface area is 111 Å². The number of anilines is 1. The first-order chi connectivity index (χ1) is 8.70. The second kappa shape index (κ2) is 6.04. The molecule has 1 unspecified atom stereocenters. The molecule has 0 aliphatic carbocycles. The maximum Gasteiger partial charge on any atom is 0.316 e. The summed E-state index contributed by atoms with van der Waals surface area (Å²) in [6.07, 6.45) is 2.70. The molecule has 7 heteroatoms. The molecular weight excluding hydrogens is 256 g/mol. The van der Waals surface area contributed by atoms with Crippen LogP contribution in [0.15, 0.2) is 4.42 Å². The van der Waals surface area contributed by atoms with Crippen LogP contribution in [-0.2, 0) is 11.2 Å². The van der Waals surface area contributed by atoms with Crippen molar-refractivity contribution in [2.45, 2.75) is 32.2 Å². The lowest BCUT2D eigenvalue weighted by atomic mass is 10.3. The maximum absolute atomic E-state index is 12.0. The van der Waals surface area contributed by atoms with Crippen molar-refractivity contribution in [3.63, 3.8) is 0 Å². The molecule has 1 amide bonds. The van der Waals surface area contributed by atoms with Gasteiger partial charge < -0.3 is 14.6 Å². The normalized spacial score (nSPS) is 16.9. The SMILES string of the molecule is CC(Nc1nnc(CCCl)o1)C(=O)N1CCCC1. The van der Waals surface area contributed by atoms with Crippen LogP contribution in [0.2, 0.25) is 0 Å². The minimum Gasteiger partial charge on any atom is -0.408 e. The fourth-order valence-electron chi connectivity index (χ4n) is 1.95. The van der Waals surface area contributed by atoms with E-state index in [4.69, 9.17) is 16.0 Å². The van der Waals surface area contributed by atoms with Gasteiger partial charge in [0.25, 0.3) is 0 Å². The van der Waals surface area contributed by atoms with E-state index in [1.807, 2.05) is 4.90 Å². The van der Waals surface area contributed by atoms with Crippen molar-refractivity contribution < 1.29 is 9.21 Å². The van der Waals surface area contributed by atoms with Gasteiger partial charge in [-0.1, -0.05) is 5.10 Å². The highest BCUT2D eigenvalue weighted by molar-refractivity contribution is 6.17. The van der Waals surface area contributed by atoms with Crippen LogP contribution in [0.5, 0.6) is 0 Å². The summed E-state index contributed by atoms with van der Waals surface area (Å²) >= 11 is 5.58. The number of rotatable bonds is 5. The van der Waals surface area contributed by atoms with Crippen LogP contribution in [0.1, 0.15) is 25.7 Å². The number of hydrogen-bond donors (Lipinski definition) is 1. The minimum atomic E-state index is -0.354. The molecule has 1 N–H and O–H groups in total. The van der Waals surface area contributed by atoms with E-state index in [1.54, 1.807) is 6.92 Å². The summed E-state index contributed by atoms with van der Waals surface area (Å²) in [7, 11) is 0. The molecule has 100 valence electrons. The van der Waals surface area contributed by atoms with Crippen LogP contribution in [0.3, 0.4) is 0 Å². The fourth-order valence-corrected chi connectivity index (χ4v) is 2.11. The third-order valence-corrected chi connectivity index (χ3v) is 3.09. The number of amides is 1. The molecule has 1 saturated heterocycles. The number of aryl methyl sites for hydroxylation is 1. The predicted molar refractivity (Wildman–Crippen MR) is 67.6 cm³/mol. The van der Waals surface area contributed by atoms with E-state index in [0.29, 0.717) is 18.2 Å². The zero-order valence-corrected chi connectivity index (χ0v) is 11.1. The lowest BCUT2D eigenvalue weighted by molar-refractivity contribution is -0.130. The van der Waals surface area contributed by atoms with Crippen molar-refractivity contribution in [3.8, 4) is 0 Å². The summed E-state index contributed by atoms with van der Waals surface area (Å²) < 4.78 is 5.32. The molecule has 1 aromatic rings. The van der Waals surface area contributed by atoms with Crippen LogP contribution >= 0.6 is 11.6 Å². The lowest BCUT2D eigenvalue weighted by Crippen LogP contribution is -2.39. The van der Waals surface area contributed by atoms with Crippen molar-refractivity contribution >= 4 is 23.5 Å². The van der Waals surface area contributed by atoms with Gasteiger partial charge in [-0.05, 0) is 19.8 Å². The van der Waals surface area contributed by atoms with Gasteiger partial charge >= 0.3 is 6.01 Å². The topological polar surface area (TPSA) is 71.3 Å². The van der Waals surface area contributed by atoms with Crippen LogP contribution in [-0.4, -0.2) is 46.0 Å². The molecular formula is C11H17ClN4O2. The maximum atomic E-state index is 12.0. The van der Waals surface area contributed by atoms with E-state index in [-0.39, 0.29) is 18.0 Å². The fraction of sp³-hybridized carbons (Fsp3) is 0.727. The zero-order chi connectivity index (χ0) is 13.0. The number of halogens is 1. The van der Waals surface area contributed by atoms with Gasteiger partial charge in [-0.2, -0.15) is 0 Å². The molecule has 0 radical (unpaired) electrons. The summed E-state index contributed by atoms with van der Waals surface area (Å²) in [4.78, 5) is 13.9. The third kappa shape index (κ3) is 3.13. The second-order valence-electron chi connectivity index (χ2n) is 4.34. The van der Waals surface area contributed by atoms with Crippen molar-refractivity contribution in [3.05, 3.63) is 5.89 Å². The largest absolute Gasteiger partial charge is 0.408 e. The predicted octanol–water partition coefficient (Wildman–Crippen LogP) is 1.27. The van der Waals surface area contributed by atoms with Gasteiger partial charge in [-0.15, -0.1) is 16.7 Å². The van der Waals surface area contributed by atoms with Gasteiger partial charge in [0, 0.05) is 25.4 Å². The Morgan fingerprint density at radius 2 is 2.22 bits per heavy atom. The number of nitrogens with zero attached hydrogens (tertiary/aromatic N) is 3. The number of carbonyl (C=O) groups is 1. The molecule has 2 rings (SSSR count). The van der Waals surface area contributed by atoms with Gasteiger partial charge in [0.2, 0.25) is 11.8 Å². The average molecular weight is 273 g/mol. The number of likely N-dealkylation sites (tertiary alicyclic amines) is 1. The summed E-state index contributed by atoms with van der Waals surface area (Å²) in [5.41, 5.74) is 0. The highest BCUT2D eigenvalue weighted by atomic mass is 35.5. The van der Waals surface area contributed by atoms with Crippen LogP contribution in [0.25, 0.3) is 0 Å². The van der Waals surface area contributed by atoms with Crippen LogP contribution < -0.4 is 5.32 Å². The van der Waals surface area contributed by atoms with E-state index in [9.17, 15) is 4.79 Å². The highest BCUT2D eigenvalue weighted by Crippen LogP contribution is 2.12.